The van der Waals surface area contributed by atoms with Crippen LogP contribution in [-0.4, -0.2) is 13.1 Å². The molecular formula is C9H7BrFIO2. The van der Waals surface area contributed by atoms with Crippen LogP contribution in [0.4, 0.5) is 4.39 Å². The predicted molar refractivity (Wildman–Crippen MR) is 63.1 cm³/mol. The minimum Gasteiger partial charge on any atom is -0.465 e. The molecule has 0 N–H and O–H groups in total. The molecule has 0 heterocycles. The van der Waals surface area contributed by atoms with Crippen LogP contribution in [0, 0.1) is 9.39 Å². The maximum atomic E-state index is 13.4. The van der Waals surface area contributed by atoms with Gasteiger partial charge in [0.15, 0.2) is 0 Å². The molecular weight excluding hydrogens is 366 g/mol. The van der Waals surface area contributed by atoms with Crippen molar-refractivity contribution < 1.29 is 13.9 Å². The van der Waals surface area contributed by atoms with E-state index in [2.05, 4.69) is 20.7 Å². The van der Waals surface area contributed by atoms with E-state index in [-0.39, 0.29) is 5.56 Å². The molecule has 1 aromatic rings. The van der Waals surface area contributed by atoms with Gasteiger partial charge in [0.25, 0.3) is 0 Å². The van der Waals surface area contributed by atoms with Gasteiger partial charge in [-0.2, -0.15) is 0 Å². The highest BCUT2D eigenvalue weighted by Gasteiger charge is 2.12. The van der Waals surface area contributed by atoms with Gasteiger partial charge in [-0.25, -0.2) is 9.18 Å². The highest BCUT2D eigenvalue weighted by molar-refractivity contribution is 14.1. The summed E-state index contributed by atoms with van der Waals surface area (Å²) in [6.07, 6.45) is 0. The second-order valence-electron chi connectivity index (χ2n) is 2.54. The van der Waals surface area contributed by atoms with E-state index in [0.717, 1.165) is 0 Å². The zero-order valence-electron chi connectivity index (χ0n) is 7.31. The first-order chi connectivity index (χ1) is 6.60. The van der Waals surface area contributed by atoms with E-state index in [9.17, 15) is 9.18 Å². The first kappa shape index (κ1) is 11.9. The Hall–Kier alpha value is -0.170. The predicted octanol–water partition coefficient (Wildman–Crippen LogP) is 3.11. The Balaban J connectivity index is 3.20. The van der Waals surface area contributed by atoms with Crippen molar-refractivity contribution in [2.24, 2.45) is 0 Å². The van der Waals surface area contributed by atoms with E-state index in [1.165, 1.54) is 13.2 Å². The molecule has 14 heavy (non-hydrogen) atoms. The average molecular weight is 373 g/mol. The molecule has 0 atom stereocenters. The molecule has 0 aromatic heterocycles. The Kier molecular flexibility index (Phi) is 4.31. The summed E-state index contributed by atoms with van der Waals surface area (Å²) in [5.74, 6) is -0.919. The van der Waals surface area contributed by atoms with Crippen LogP contribution in [-0.2, 0) is 10.1 Å². The van der Waals surface area contributed by atoms with Crippen LogP contribution in [0.25, 0.3) is 0 Å². The third kappa shape index (κ3) is 2.44. The molecule has 0 fully saturated rings. The molecule has 1 rings (SSSR count). The lowest BCUT2D eigenvalue weighted by Crippen LogP contribution is -2.04. The first-order valence-corrected chi connectivity index (χ1v) is 5.92. The fourth-order valence-electron chi connectivity index (χ4n) is 0.966. The third-order valence-electron chi connectivity index (χ3n) is 1.70. The van der Waals surface area contributed by atoms with Crippen molar-refractivity contribution in [3.8, 4) is 0 Å². The number of carbonyl (C=O) groups is 1. The zero-order valence-corrected chi connectivity index (χ0v) is 11.1. The van der Waals surface area contributed by atoms with Gasteiger partial charge in [-0.15, -0.1) is 0 Å². The molecule has 5 heteroatoms. The molecule has 1 aromatic carbocycles. The summed E-state index contributed by atoms with van der Waals surface area (Å²) in [5.41, 5.74) is 0.789. The summed E-state index contributed by atoms with van der Waals surface area (Å²) in [5, 5.41) is 0.429. The van der Waals surface area contributed by atoms with E-state index in [1.807, 2.05) is 22.6 Å². The number of hydrogen-bond acceptors (Lipinski definition) is 2. The summed E-state index contributed by atoms with van der Waals surface area (Å²) in [4.78, 5) is 11.1. The maximum Gasteiger partial charge on any atom is 0.337 e. The number of carbonyl (C=O) groups excluding carboxylic acids is 1. The van der Waals surface area contributed by atoms with Gasteiger partial charge >= 0.3 is 5.97 Å². The molecule has 0 saturated carbocycles. The lowest BCUT2D eigenvalue weighted by Gasteiger charge is -2.05. The Labute approximate surface area is 103 Å². The zero-order chi connectivity index (χ0) is 10.7. The highest BCUT2D eigenvalue weighted by atomic mass is 127. The van der Waals surface area contributed by atoms with Crippen molar-refractivity contribution in [3.05, 3.63) is 32.6 Å². The average Bonchev–Trinajstić information content (AvgIpc) is 2.16. The molecule has 0 aliphatic heterocycles. The van der Waals surface area contributed by atoms with Crippen LogP contribution in [0.3, 0.4) is 0 Å². The molecule has 0 bridgehead atoms. The van der Waals surface area contributed by atoms with Crippen LogP contribution in [0.5, 0.6) is 0 Å². The van der Waals surface area contributed by atoms with Crippen molar-refractivity contribution in [3.63, 3.8) is 0 Å². The minimum atomic E-state index is -0.525. The second kappa shape index (κ2) is 5.06. The van der Waals surface area contributed by atoms with Crippen LogP contribution in [0.2, 0.25) is 0 Å². The van der Waals surface area contributed by atoms with Crippen LogP contribution < -0.4 is 0 Å². The monoisotopic (exact) mass is 372 g/mol. The standard InChI is InChI=1S/C9H7BrFIO2/c1-14-9(13)5-2-7(11)6(4-10)8(12)3-5/h2-3H,4H2,1H3. The maximum absolute atomic E-state index is 13.4. The van der Waals surface area contributed by atoms with E-state index >= 15 is 0 Å². The quantitative estimate of drug-likeness (QED) is 0.453. The SMILES string of the molecule is COC(=O)c1cc(F)c(CBr)c(I)c1. The first-order valence-electron chi connectivity index (χ1n) is 3.72. The Morgan fingerprint density at radius 3 is 2.71 bits per heavy atom. The lowest BCUT2D eigenvalue weighted by atomic mass is 10.1. The van der Waals surface area contributed by atoms with Gasteiger partial charge in [-0.3, -0.25) is 0 Å². The van der Waals surface area contributed by atoms with Gasteiger partial charge < -0.3 is 4.74 Å². The van der Waals surface area contributed by atoms with Gasteiger partial charge in [0, 0.05) is 14.5 Å². The molecule has 0 aliphatic carbocycles. The molecule has 76 valence electrons. The fourth-order valence-corrected chi connectivity index (χ4v) is 2.84. The van der Waals surface area contributed by atoms with Crippen LogP contribution in [0.15, 0.2) is 12.1 Å². The topological polar surface area (TPSA) is 26.3 Å². The second-order valence-corrected chi connectivity index (χ2v) is 4.27. The van der Waals surface area contributed by atoms with Crippen molar-refractivity contribution >= 4 is 44.5 Å². The fraction of sp³-hybridized carbons (Fsp3) is 0.222. The van der Waals surface area contributed by atoms with Crippen LogP contribution >= 0.6 is 38.5 Å². The van der Waals surface area contributed by atoms with Gasteiger partial charge in [0.05, 0.1) is 12.7 Å². The van der Waals surface area contributed by atoms with Crippen molar-refractivity contribution in [2.75, 3.05) is 7.11 Å². The number of methoxy groups -OCH3 is 1. The van der Waals surface area contributed by atoms with E-state index in [0.29, 0.717) is 14.5 Å². The third-order valence-corrected chi connectivity index (χ3v) is 3.22. The molecule has 0 radical (unpaired) electrons. The molecule has 0 spiro atoms. The van der Waals surface area contributed by atoms with Crippen LogP contribution in [0.1, 0.15) is 15.9 Å². The summed E-state index contributed by atoms with van der Waals surface area (Å²) in [7, 11) is 1.27. The van der Waals surface area contributed by atoms with E-state index in [1.54, 1.807) is 6.07 Å². The number of rotatable bonds is 2. The number of alkyl halides is 1. The summed E-state index contributed by atoms with van der Waals surface area (Å²) >= 11 is 5.16. The van der Waals surface area contributed by atoms with Crippen molar-refractivity contribution in [1.29, 1.82) is 0 Å². The van der Waals surface area contributed by atoms with Gasteiger partial charge in [0.1, 0.15) is 5.82 Å². The molecule has 2 nitrogen and oxygen atoms in total. The Morgan fingerprint density at radius 1 is 1.64 bits per heavy atom. The lowest BCUT2D eigenvalue weighted by molar-refractivity contribution is 0.0600. The molecule has 0 amide bonds. The number of ether oxygens (including phenoxy) is 1. The van der Waals surface area contributed by atoms with Gasteiger partial charge in [0.2, 0.25) is 0 Å². The van der Waals surface area contributed by atoms with Gasteiger partial charge in [-0.1, -0.05) is 15.9 Å². The summed E-state index contributed by atoms with van der Waals surface area (Å²) in [6, 6.07) is 2.79. The number of hydrogen-bond donors (Lipinski definition) is 0. The van der Waals surface area contributed by atoms with E-state index < -0.39 is 11.8 Å². The summed E-state index contributed by atoms with van der Waals surface area (Å²) < 4.78 is 18.6. The molecule has 0 aliphatic rings. The normalized spacial score (nSPS) is 10.0. The smallest absolute Gasteiger partial charge is 0.337 e. The highest BCUT2D eigenvalue weighted by Crippen LogP contribution is 2.21. The Bertz CT molecular complexity index is 345. The van der Waals surface area contributed by atoms with Crippen molar-refractivity contribution in [1.82, 2.24) is 0 Å². The molecule has 0 unspecified atom stereocenters. The largest absolute Gasteiger partial charge is 0.465 e. The van der Waals surface area contributed by atoms with E-state index in [4.69, 9.17) is 0 Å². The van der Waals surface area contributed by atoms with Crippen molar-refractivity contribution in [2.45, 2.75) is 5.33 Å². The molecule has 0 saturated heterocycles. The Morgan fingerprint density at radius 2 is 2.29 bits per heavy atom. The number of benzene rings is 1. The minimum absolute atomic E-state index is 0.235. The summed E-state index contributed by atoms with van der Waals surface area (Å²) in [6.45, 7) is 0. The number of halogens is 3. The number of esters is 1. The van der Waals surface area contributed by atoms with Gasteiger partial charge in [-0.05, 0) is 34.7 Å².